The van der Waals surface area contributed by atoms with Gasteiger partial charge in [-0.2, -0.15) is 0 Å². The first-order valence-corrected chi connectivity index (χ1v) is 8.30. The summed E-state index contributed by atoms with van der Waals surface area (Å²) in [5.74, 6) is 0.556. The fraction of sp³-hybridized carbons (Fsp3) is 0.350. The molecule has 0 aliphatic carbocycles. The average molecular weight is 310 g/mol. The number of carbonyl (C=O) groups excluding carboxylic acids is 1. The number of nitrogens with zero attached hydrogens (tertiary/aromatic N) is 1. The van der Waals surface area contributed by atoms with Crippen LogP contribution in [0.3, 0.4) is 0 Å². The van der Waals surface area contributed by atoms with Gasteiger partial charge < -0.3 is 10.2 Å². The predicted molar refractivity (Wildman–Crippen MR) is 98.1 cm³/mol. The lowest BCUT2D eigenvalue weighted by molar-refractivity contribution is -0.116. The maximum atomic E-state index is 12.1. The molecule has 0 saturated carbocycles. The quantitative estimate of drug-likeness (QED) is 0.806. The first-order chi connectivity index (χ1) is 11.1. The van der Waals surface area contributed by atoms with Crippen molar-refractivity contribution < 1.29 is 4.79 Å². The van der Waals surface area contributed by atoms with E-state index in [1.54, 1.807) is 0 Å². The summed E-state index contributed by atoms with van der Waals surface area (Å²) in [6.45, 7) is 8.04. The largest absolute Gasteiger partial charge is 0.371 e. The van der Waals surface area contributed by atoms with Gasteiger partial charge in [0.05, 0.1) is 0 Å². The minimum Gasteiger partial charge on any atom is -0.371 e. The molecular weight excluding hydrogens is 284 g/mol. The summed E-state index contributed by atoms with van der Waals surface area (Å²) in [6, 6.07) is 18.3. The monoisotopic (exact) mass is 310 g/mol. The number of nitrogens with one attached hydrogen (secondary N) is 1. The molecule has 0 saturated heterocycles. The van der Waals surface area contributed by atoms with Crippen molar-refractivity contribution in [1.29, 1.82) is 0 Å². The molecule has 0 unspecified atom stereocenters. The van der Waals surface area contributed by atoms with Crippen LogP contribution in [-0.2, 0) is 4.79 Å². The molecule has 0 aliphatic heterocycles. The number of rotatable bonds is 7. The average Bonchev–Trinajstić information content (AvgIpc) is 2.57. The van der Waals surface area contributed by atoms with E-state index < -0.39 is 0 Å². The Kier molecular flexibility index (Phi) is 6.21. The minimum absolute atomic E-state index is 0.0525. The molecule has 0 atom stereocenters. The van der Waals surface area contributed by atoms with Crippen LogP contribution in [0.5, 0.6) is 0 Å². The topological polar surface area (TPSA) is 32.3 Å². The summed E-state index contributed by atoms with van der Waals surface area (Å²) < 4.78 is 0. The highest BCUT2D eigenvalue weighted by atomic mass is 16.1. The number of hydrogen-bond acceptors (Lipinski definition) is 2. The second kappa shape index (κ2) is 8.37. The van der Waals surface area contributed by atoms with Gasteiger partial charge in [-0.05, 0) is 42.7 Å². The zero-order chi connectivity index (χ0) is 16.7. The van der Waals surface area contributed by atoms with Crippen LogP contribution < -0.4 is 10.2 Å². The van der Waals surface area contributed by atoms with Crippen molar-refractivity contribution >= 4 is 17.3 Å². The molecule has 3 nitrogen and oxygen atoms in total. The second-order valence-electron chi connectivity index (χ2n) is 5.99. The zero-order valence-electron chi connectivity index (χ0n) is 14.3. The van der Waals surface area contributed by atoms with Crippen molar-refractivity contribution in [3.05, 3.63) is 60.2 Å². The third-order valence-electron chi connectivity index (χ3n) is 3.97. The third kappa shape index (κ3) is 5.13. The Morgan fingerprint density at radius 2 is 1.70 bits per heavy atom. The van der Waals surface area contributed by atoms with E-state index in [0.29, 0.717) is 12.3 Å². The minimum atomic E-state index is 0.0525. The molecule has 2 aromatic rings. The van der Waals surface area contributed by atoms with Gasteiger partial charge in [0.25, 0.3) is 0 Å². The van der Waals surface area contributed by atoms with Crippen LogP contribution in [0.25, 0.3) is 0 Å². The second-order valence-corrected chi connectivity index (χ2v) is 5.99. The highest BCUT2D eigenvalue weighted by Gasteiger charge is 2.08. The molecule has 0 fully saturated rings. The Morgan fingerprint density at radius 1 is 1.04 bits per heavy atom. The fourth-order valence-corrected chi connectivity index (χ4v) is 2.52. The fourth-order valence-electron chi connectivity index (χ4n) is 2.52. The smallest absolute Gasteiger partial charge is 0.226 e. The van der Waals surface area contributed by atoms with Crippen molar-refractivity contribution in [2.45, 2.75) is 33.1 Å². The van der Waals surface area contributed by atoms with Gasteiger partial charge in [0.2, 0.25) is 5.91 Å². The lowest BCUT2D eigenvalue weighted by Gasteiger charge is -2.22. The van der Waals surface area contributed by atoms with E-state index in [-0.39, 0.29) is 5.91 Å². The summed E-state index contributed by atoms with van der Waals surface area (Å²) >= 11 is 0. The van der Waals surface area contributed by atoms with Gasteiger partial charge in [0.15, 0.2) is 0 Å². The number of carbonyl (C=O) groups is 1. The summed E-state index contributed by atoms with van der Waals surface area (Å²) in [5.41, 5.74) is 3.30. The van der Waals surface area contributed by atoms with E-state index in [4.69, 9.17) is 0 Å². The number of para-hydroxylation sites is 1. The Balaban J connectivity index is 1.87. The Morgan fingerprint density at radius 3 is 2.26 bits per heavy atom. The lowest BCUT2D eigenvalue weighted by atomic mass is 10.0. The van der Waals surface area contributed by atoms with E-state index in [1.807, 2.05) is 30.3 Å². The maximum absolute atomic E-state index is 12.1. The van der Waals surface area contributed by atoms with Gasteiger partial charge >= 0.3 is 0 Å². The molecule has 1 N–H and O–H groups in total. The van der Waals surface area contributed by atoms with Crippen molar-refractivity contribution in [2.24, 2.45) is 0 Å². The molecule has 0 bridgehead atoms. The lowest BCUT2D eigenvalue weighted by Crippen LogP contribution is -2.27. The van der Waals surface area contributed by atoms with Crippen molar-refractivity contribution in [2.75, 3.05) is 23.3 Å². The Hall–Kier alpha value is -2.29. The van der Waals surface area contributed by atoms with Gasteiger partial charge in [-0.25, -0.2) is 0 Å². The molecule has 0 aromatic heterocycles. The molecule has 3 heteroatoms. The van der Waals surface area contributed by atoms with Crippen LogP contribution in [0.2, 0.25) is 0 Å². The van der Waals surface area contributed by atoms with Crippen molar-refractivity contribution in [3.63, 3.8) is 0 Å². The van der Waals surface area contributed by atoms with Crippen LogP contribution in [0.1, 0.15) is 38.7 Å². The molecule has 23 heavy (non-hydrogen) atoms. The SMILES string of the molecule is CCN(CCC(=O)Nc1ccc(C(C)C)cc1)c1ccccc1. The van der Waals surface area contributed by atoms with Gasteiger partial charge in [-0.15, -0.1) is 0 Å². The van der Waals surface area contributed by atoms with E-state index in [2.05, 4.69) is 55.3 Å². The normalized spacial score (nSPS) is 10.6. The number of amides is 1. The molecule has 0 aliphatic rings. The Labute approximate surface area is 139 Å². The highest BCUT2D eigenvalue weighted by Crippen LogP contribution is 2.17. The summed E-state index contributed by atoms with van der Waals surface area (Å²) in [4.78, 5) is 14.4. The Bertz CT molecular complexity index is 605. The summed E-state index contributed by atoms with van der Waals surface area (Å²) in [6.07, 6.45) is 0.481. The first kappa shape index (κ1) is 17.1. The van der Waals surface area contributed by atoms with Crippen LogP contribution in [0, 0.1) is 0 Å². The van der Waals surface area contributed by atoms with Crippen LogP contribution in [0.4, 0.5) is 11.4 Å². The number of anilines is 2. The van der Waals surface area contributed by atoms with Crippen LogP contribution in [-0.4, -0.2) is 19.0 Å². The van der Waals surface area contributed by atoms with E-state index in [9.17, 15) is 4.79 Å². The predicted octanol–water partition coefficient (Wildman–Crippen LogP) is 4.67. The molecule has 2 aromatic carbocycles. The van der Waals surface area contributed by atoms with Gasteiger partial charge in [-0.1, -0.05) is 44.2 Å². The molecule has 0 heterocycles. The van der Waals surface area contributed by atoms with Crippen molar-refractivity contribution in [1.82, 2.24) is 0 Å². The molecular formula is C20H26N2O. The number of benzene rings is 2. The van der Waals surface area contributed by atoms with E-state index >= 15 is 0 Å². The first-order valence-electron chi connectivity index (χ1n) is 8.30. The zero-order valence-corrected chi connectivity index (χ0v) is 14.3. The van der Waals surface area contributed by atoms with E-state index in [1.165, 1.54) is 5.56 Å². The molecule has 2 rings (SSSR count). The highest BCUT2D eigenvalue weighted by molar-refractivity contribution is 5.91. The standard InChI is InChI=1S/C20H26N2O/c1-4-22(19-8-6-5-7-9-19)15-14-20(23)21-18-12-10-17(11-13-18)16(2)3/h5-13,16H,4,14-15H2,1-3H3,(H,21,23). The van der Waals surface area contributed by atoms with Gasteiger partial charge in [0, 0.05) is 30.9 Å². The van der Waals surface area contributed by atoms with Crippen molar-refractivity contribution in [3.8, 4) is 0 Å². The molecule has 0 radical (unpaired) electrons. The number of hydrogen-bond donors (Lipinski definition) is 1. The molecule has 0 spiro atoms. The van der Waals surface area contributed by atoms with Gasteiger partial charge in [0.1, 0.15) is 0 Å². The van der Waals surface area contributed by atoms with Crippen LogP contribution >= 0.6 is 0 Å². The summed E-state index contributed by atoms with van der Waals surface area (Å²) in [5, 5.41) is 2.97. The van der Waals surface area contributed by atoms with Crippen LogP contribution in [0.15, 0.2) is 54.6 Å². The molecule has 1 amide bonds. The van der Waals surface area contributed by atoms with E-state index in [0.717, 1.165) is 24.5 Å². The molecule has 122 valence electrons. The van der Waals surface area contributed by atoms with Gasteiger partial charge in [-0.3, -0.25) is 4.79 Å². The maximum Gasteiger partial charge on any atom is 0.226 e. The summed E-state index contributed by atoms with van der Waals surface area (Å²) in [7, 11) is 0. The third-order valence-corrected chi connectivity index (χ3v) is 3.97.